The van der Waals surface area contributed by atoms with E-state index in [4.69, 9.17) is 0 Å². The van der Waals surface area contributed by atoms with Crippen LogP contribution in [0.5, 0.6) is 0 Å². The fraction of sp³-hybridized carbons (Fsp3) is 0.462. The van der Waals surface area contributed by atoms with Crippen LogP contribution in [0.25, 0.3) is 5.65 Å². The van der Waals surface area contributed by atoms with Crippen LogP contribution in [0.4, 0.5) is 5.82 Å². The largest absolute Gasteiger partial charge is 0.354 e. The minimum absolute atomic E-state index is 0.521. The molecule has 3 rings (SSSR count). The third-order valence-corrected chi connectivity index (χ3v) is 4.90. The first-order valence-electron chi connectivity index (χ1n) is 6.68. The fourth-order valence-electron chi connectivity index (χ4n) is 2.53. The first kappa shape index (κ1) is 13.4. The second-order valence-corrected chi connectivity index (χ2v) is 7.05. The van der Waals surface area contributed by atoms with E-state index in [0.29, 0.717) is 19.6 Å². The van der Waals surface area contributed by atoms with E-state index in [1.54, 1.807) is 4.31 Å². The Kier molecular flexibility index (Phi) is 3.39. The van der Waals surface area contributed by atoms with Crippen LogP contribution in [-0.2, 0) is 10.0 Å². The zero-order valence-electron chi connectivity index (χ0n) is 11.4. The molecule has 0 aliphatic carbocycles. The summed E-state index contributed by atoms with van der Waals surface area (Å²) in [6.45, 7) is 2.61. The minimum Gasteiger partial charge on any atom is -0.354 e. The highest BCUT2D eigenvalue weighted by Gasteiger charge is 2.22. The Hall–Kier alpha value is -1.60. The molecule has 0 spiro atoms. The lowest BCUT2D eigenvalue weighted by Crippen LogP contribution is -2.34. The third kappa shape index (κ3) is 2.64. The molecular weight excluding hydrogens is 276 g/mol. The Bertz CT molecular complexity index is 677. The van der Waals surface area contributed by atoms with E-state index in [1.165, 1.54) is 6.26 Å². The van der Waals surface area contributed by atoms with Crippen molar-refractivity contribution in [3.8, 4) is 0 Å². The van der Waals surface area contributed by atoms with Gasteiger partial charge in [-0.15, -0.1) is 0 Å². The molecule has 0 aromatic carbocycles. The molecule has 2 aromatic heterocycles. The molecule has 0 atom stereocenters. The lowest BCUT2D eigenvalue weighted by atomic mass is 10.4. The predicted molar refractivity (Wildman–Crippen MR) is 78.4 cm³/mol. The summed E-state index contributed by atoms with van der Waals surface area (Å²) in [6.07, 6.45) is 6.05. The van der Waals surface area contributed by atoms with Crippen LogP contribution in [-0.4, -0.2) is 54.5 Å². The zero-order chi connectivity index (χ0) is 14.2. The van der Waals surface area contributed by atoms with Crippen LogP contribution < -0.4 is 4.90 Å². The molecule has 1 aliphatic rings. The Labute approximate surface area is 118 Å². The first-order chi connectivity index (χ1) is 9.54. The third-order valence-electron chi connectivity index (χ3n) is 3.60. The van der Waals surface area contributed by atoms with Gasteiger partial charge in [-0.05, 0) is 18.6 Å². The first-order valence-corrected chi connectivity index (χ1v) is 8.53. The van der Waals surface area contributed by atoms with Gasteiger partial charge in [-0.2, -0.15) is 0 Å². The summed E-state index contributed by atoms with van der Waals surface area (Å²) in [6, 6.07) is 5.89. The molecule has 108 valence electrons. The Morgan fingerprint density at radius 1 is 1.15 bits per heavy atom. The second-order valence-electron chi connectivity index (χ2n) is 5.07. The van der Waals surface area contributed by atoms with E-state index in [9.17, 15) is 8.42 Å². The maximum absolute atomic E-state index is 11.6. The van der Waals surface area contributed by atoms with E-state index in [2.05, 4.69) is 9.88 Å². The van der Waals surface area contributed by atoms with Crippen molar-refractivity contribution in [2.75, 3.05) is 37.3 Å². The number of nitrogens with zero attached hydrogens (tertiary/aromatic N) is 4. The number of hydrogen-bond donors (Lipinski definition) is 0. The lowest BCUT2D eigenvalue weighted by Gasteiger charge is -2.20. The number of rotatable bonds is 2. The molecule has 2 aromatic rings. The summed E-state index contributed by atoms with van der Waals surface area (Å²) in [4.78, 5) is 6.74. The molecule has 3 heterocycles. The van der Waals surface area contributed by atoms with E-state index in [-0.39, 0.29) is 0 Å². The monoisotopic (exact) mass is 294 g/mol. The zero-order valence-corrected chi connectivity index (χ0v) is 12.3. The van der Waals surface area contributed by atoms with Crippen LogP contribution >= 0.6 is 0 Å². The SMILES string of the molecule is CS(=O)(=O)N1CCCN(c2cn3ccccc3n2)CC1. The Morgan fingerprint density at radius 3 is 2.75 bits per heavy atom. The maximum Gasteiger partial charge on any atom is 0.211 e. The number of hydrogen-bond acceptors (Lipinski definition) is 4. The Morgan fingerprint density at radius 2 is 2.00 bits per heavy atom. The maximum atomic E-state index is 11.6. The van der Waals surface area contributed by atoms with Gasteiger partial charge >= 0.3 is 0 Å². The lowest BCUT2D eigenvalue weighted by molar-refractivity contribution is 0.437. The van der Waals surface area contributed by atoms with E-state index in [0.717, 1.165) is 24.4 Å². The van der Waals surface area contributed by atoms with E-state index >= 15 is 0 Å². The molecule has 1 fully saturated rings. The molecule has 0 bridgehead atoms. The molecule has 0 N–H and O–H groups in total. The van der Waals surface area contributed by atoms with Crippen molar-refractivity contribution in [3.05, 3.63) is 30.6 Å². The average molecular weight is 294 g/mol. The summed E-state index contributed by atoms with van der Waals surface area (Å²) in [5.74, 6) is 0.909. The van der Waals surface area contributed by atoms with Crippen molar-refractivity contribution in [2.24, 2.45) is 0 Å². The van der Waals surface area contributed by atoms with Crippen LogP contribution in [0.2, 0.25) is 0 Å². The van der Waals surface area contributed by atoms with Gasteiger partial charge in [0.05, 0.1) is 12.5 Å². The number of aromatic nitrogens is 2. The molecular formula is C13H18N4O2S. The van der Waals surface area contributed by atoms with Crippen LogP contribution in [0.15, 0.2) is 30.6 Å². The summed E-state index contributed by atoms with van der Waals surface area (Å²) < 4.78 is 26.7. The van der Waals surface area contributed by atoms with Crippen molar-refractivity contribution < 1.29 is 8.42 Å². The molecule has 7 heteroatoms. The van der Waals surface area contributed by atoms with Gasteiger partial charge < -0.3 is 9.30 Å². The van der Waals surface area contributed by atoms with Gasteiger partial charge in [-0.1, -0.05) is 6.07 Å². The number of anilines is 1. The molecule has 1 aliphatic heterocycles. The topological polar surface area (TPSA) is 57.9 Å². The van der Waals surface area contributed by atoms with Crippen molar-refractivity contribution in [2.45, 2.75) is 6.42 Å². The normalized spacial score (nSPS) is 18.4. The summed E-state index contributed by atoms with van der Waals surface area (Å²) >= 11 is 0. The van der Waals surface area contributed by atoms with Gasteiger partial charge in [0.1, 0.15) is 11.5 Å². The number of sulfonamides is 1. The highest BCUT2D eigenvalue weighted by molar-refractivity contribution is 7.88. The highest BCUT2D eigenvalue weighted by Crippen LogP contribution is 2.17. The van der Waals surface area contributed by atoms with Crippen LogP contribution in [0, 0.1) is 0 Å². The highest BCUT2D eigenvalue weighted by atomic mass is 32.2. The predicted octanol–water partition coefficient (Wildman–Crippen LogP) is 0.806. The average Bonchev–Trinajstić information content (AvgIpc) is 2.65. The molecule has 0 unspecified atom stereocenters. The van der Waals surface area contributed by atoms with Crippen LogP contribution in [0.3, 0.4) is 0 Å². The van der Waals surface area contributed by atoms with Crippen molar-refractivity contribution in [1.29, 1.82) is 0 Å². The molecule has 0 saturated carbocycles. The number of fused-ring (bicyclic) bond motifs is 1. The van der Waals surface area contributed by atoms with Crippen LogP contribution in [0.1, 0.15) is 6.42 Å². The van der Waals surface area contributed by atoms with Crippen molar-refractivity contribution in [1.82, 2.24) is 13.7 Å². The van der Waals surface area contributed by atoms with Gasteiger partial charge in [0.2, 0.25) is 10.0 Å². The summed E-state index contributed by atoms with van der Waals surface area (Å²) in [5, 5.41) is 0. The van der Waals surface area contributed by atoms with E-state index < -0.39 is 10.0 Å². The summed E-state index contributed by atoms with van der Waals surface area (Å²) in [5.41, 5.74) is 0.909. The van der Waals surface area contributed by atoms with Gasteiger partial charge in [-0.25, -0.2) is 17.7 Å². The Balaban J connectivity index is 1.81. The minimum atomic E-state index is -3.10. The number of imidazole rings is 1. The standard InChI is InChI=1S/C13H18N4O2S/c1-20(18,19)17-8-4-7-15(9-10-17)13-11-16-6-3-2-5-12(16)14-13/h2-3,5-6,11H,4,7-10H2,1H3. The molecule has 6 nitrogen and oxygen atoms in total. The number of pyridine rings is 1. The molecule has 0 radical (unpaired) electrons. The van der Waals surface area contributed by atoms with Gasteiger partial charge in [0, 0.05) is 32.4 Å². The fourth-order valence-corrected chi connectivity index (χ4v) is 3.40. The van der Waals surface area contributed by atoms with Gasteiger partial charge in [-0.3, -0.25) is 0 Å². The van der Waals surface area contributed by atoms with E-state index in [1.807, 2.05) is 35.0 Å². The molecule has 0 amide bonds. The van der Waals surface area contributed by atoms with Crippen molar-refractivity contribution in [3.63, 3.8) is 0 Å². The smallest absolute Gasteiger partial charge is 0.211 e. The van der Waals surface area contributed by atoms with Crippen molar-refractivity contribution >= 4 is 21.5 Å². The van der Waals surface area contributed by atoms with Gasteiger partial charge in [0.25, 0.3) is 0 Å². The van der Waals surface area contributed by atoms with Gasteiger partial charge in [0.15, 0.2) is 0 Å². The quantitative estimate of drug-likeness (QED) is 0.822. The molecule has 20 heavy (non-hydrogen) atoms. The second kappa shape index (κ2) is 5.06. The molecule has 1 saturated heterocycles. The summed E-state index contributed by atoms with van der Waals surface area (Å²) in [7, 11) is -3.10.